The maximum absolute atomic E-state index is 11.3. The largest absolute Gasteiger partial charge is 0.512 e. The monoisotopic (exact) mass is 428 g/mol. The zero-order chi connectivity index (χ0) is 22.8. The molecule has 3 fully saturated rings. The Morgan fingerprint density at radius 3 is 2.23 bits per heavy atom. The van der Waals surface area contributed by atoms with Gasteiger partial charge in [0.2, 0.25) is 0 Å². The summed E-state index contributed by atoms with van der Waals surface area (Å²) in [6, 6.07) is 0. The second-order valence-electron chi connectivity index (χ2n) is 14.2. The number of rotatable bonds is 5. The van der Waals surface area contributed by atoms with E-state index in [0.29, 0.717) is 28.1 Å². The van der Waals surface area contributed by atoms with Crippen LogP contribution in [0.5, 0.6) is 0 Å². The van der Waals surface area contributed by atoms with E-state index in [1.54, 1.807) is 0 Å². The van der Waals surface area contributed by atoms with Gasteiger partial charge in [-0.3, -0.25) is 0 Å². The van der Waals surface area contributed by atoms with Gasteiger partial charge in [0.05, 0.1) is 5.76 Å². The SMILES string of the molecule is CC(C)CCC[C@@H](C)[C@H]1CC[C@@]2(C)[C@@H]3CC[C@H]4C(C)(C)CC=C(O)[C@]4(C)[C@H]3CC[C@]12C. The maximum Gasteiger partial charge on any atom is 0.0947 e. The van der Waals surface area contributed by atoms with Crippen LogP contribution < -0.4 is 0 Å². The maximum atomic E-state index is 11.3. The van der Waals surface area contributed by atoms with Crippen molar-refractivity contribution >= 4 is 0 Å². The molecule has 0 heterocycles. The molecule has 0 saturated heterocycles. The fourth-order valence-electron chi connectivity index (χ4n) is 10.1. The Balaban J connectivity index is 1.59. The molecule has 0 unspecified atom stereocenters. The van der Waals surface area contributed by atoms with Crippen molar-refractivity contribution in [1.29, 1.82) is 0 Å². The van der Waals surface area contributed by atoms with Crippen molar-refractivity contribution in [2.45, 2.75) is 120 Å². The van der Waals surface area contributed by atoms with E-state index < -0.39 is 0 Å². The molecule has 0 spiro atoms. The first-order chi connectivity index (χ1) is 14.4. The molecule has 31 heavy (non-hydrogen) atoms. The predicted octanol–water partition coefficient (Wildman–Crippen LogP) is 9.19. The van der Waals surface area contributed by atoms with Crippen molar-refractivity contribution in [3.05, 3.63) is 11.8 Å². The molecule has 4 rings (SSSR count). The van der Waals surface area contributed by atoms with E-state index >= 15 is 0 Å². The quantitative estimate of drug-likeness (QED) is 0.462. The Morgan fingerprint density at radius 1 is 0.871 bits per heavy atom. The molecule has 4 aliphatic carbocycles. The third-order valence-electron chi connectivity index (χ3n) is 12.1. The molecule has 1 N–H and O–H groups in total. The normalized spacial score (nSPS) is 47.3. The van der Waals surface area contributed by atoms with Gasteiger partial charge >= 0.3 is 0 Å². The summed E-state index contributed by atoms with van der Waals surface area (Å²) < 4.78 is 0. The van der Waals surface area contributed by atoms with E-state index in [2.05, 4.69) is 61.5 Å². The molecule has 178 valence electrons. The number of allylic oxidation sites excluding steroid dienone is 2. The fourth-order valence-corrected chi connectivity index (χ4v) is 10.1. The third-order valence-corrected chi connectivity index (χ3v) is 12.1. The summed E-state index contributed by atoms with van der Waals surface area (Å²) in [5, 5.41) is 11.3. The second-order valence-corrected chi connectivity index (χ2v) is 14.2. The van der Waals surface area contributed by atoms with Crippen molar-refractivity contribution in [1.82, 2.24) is 0 Å². The fraction of sp³-hybridized carbons (Fsp3) is 0.933. The van der Waals surface area contributed by atoms with Crippen LogP contribution in [0.25, 0.3) is 0 Å². The molecule has 8 atom stereocenters. The van der Waals surface area contributed by atoms with Crippen LogP contribution >= 0.6 is 0 Å². The highest BCUT2D eigenvalue weighted by molar-refractivity contribution is 5.24. The van der Waals surface area contributed by atoms with Gasteiger partial charge in [0, 0.05) is 5.41 Å². The summed E-state index contributed by atoms with van der Waals surface area (Å²) in [7, 11) is 0. The standard InChI is InChI=1S/C30H52O/c1-20(2)10-9-11-21(3)22-14-18-29(7)23-12-13-25-27(4,5)17-16-26(31)30(25,8)24(23)15-19-28(22,29)6/h16,20-25,31H,9-15,17-19H2,1-8H3/t21-,22-,23-,24+,25+,28-,29+,30-/m1/s1. The van der Waals surface area contributed by atoms with Crippen molar-refractivity contribution in [2.75, 3.05) is 0 Å². The number of aliphatic hydroxyl groups is 1. The summed E-state index contributed by atoms with van der Waals surface area (Å²) in [5.74, 6) is 5.41. The molecular formula is C30H52O. The highest BCUT2D eigenvalue weighted by atomic mass is 16.3. The van der Waals surface area contributed by atoms with E-state index in [-0.39, 0.29) is 5.41 Å². The van der Waals surface area contributed by atoms with Crippen LogP contribution in [0.1, 0.15) is 120 Å². The molecule has 3 saturated carbocycles. The second kappa shape index (κ2) is 7.80. The average molecular weight is 429 g/mol. The minimum atomic E-state index is -0.00399. The Hall–Kier alpha value is -0.460. The van der Waals surface area contributed by atoms with Gasteiger partial charge in [-0.25, -0.2) is 0 Å². The van der Waals surface area contributed by atoms with Crippen LogP contribution in [-0.2, 0) is 0 Å². The summed E-state index contributed by atoms with van der Waals surface area (Å²) in [5.41, 5.74) is 1.24. The molecule has 0 radical (unpaired) electrons. The summed E-state index contributed by atoms with van der Waals surface area (Å²) in [4.78, 5) is 0. The van der Waals surface area contributed by atoms with Crippen LogP contribution in [0, 0.1) is 57.2 Å². The summed E-state index contributed by atoms with van der Waals surface area (Å²) in [6.07, 6.45) is 15.7. The molecule has 0 aliphatic heterocycles. The minimum absolute atomic E-state index is 0.00399. The van der Waals surface area contributed by atoms with Gasteiger partial charge in [0.1, 0.15) is 0 Å². The lowest BCUT2D eigenvalue weighted by atomic mass is 9.39. The van der Waals surface area contributed by atoms with Crippen molar-refractivity contribution in [2.24, 2.45) is 57.2 Å². The van der Waals surface area contributed by atoms with Gasteiger partial charge in [-0.05, 0) is 103 Å². The molecule has 1 nitrogen and oxygen atoms in total. The first kappa shape index (κ1) is 23.7. The van der Waals surface area contributed by atoms with Gasteiger partial charge in [0.25, 0.3) is 0 Å². The zero-order valence-electron chi connectivity index (χ0n) is 22.1. The van der Waals surface area contributed by atoms with Crippen LogP contribution in [0.15, 0.2) is 11.8 Å². The van der Waals surface area contributed by atoms with E-state index in [9.17, 15) is 5.11 Å². The number of hydrogen-bond donors (Lipinski definition) is 1. The number of aliphatic hydroxyl groups excluding tert-OH is 1. The van der Waals surface area contributed by atoms with E-state index in [0.717, 1.165) is 35.9 Å². The van der Waals surface area contributed by atoms with Crippen molar-refractivity contribution in [3.63, 3.8) is 0 Å². The molecule has 0 bridgehead atoms. The Morgan fingerprint density at radius 2 is 1.55 bits per heavy atom. The van der Waals surface area contributed by atoms with E-state index in [1.165, 1.54) is 57.8 Å². The van der Waals surface area contributed by atoms with Crippen LogP contribution in [0.3, 0.4) is 0 Å². The summed E-state index contributed by atoms with van der Waals surface area (Å²) >= 11 is 0. The van der Waals surface area contributed by atoms with E-state index in [4.69, 9.17) is 0 Å². The lowest BCUT2D eigenvalue weighted by Gasteiger charge is -2.66. The molecule has 0 aromatic carbocycles. The number of fused-ring (bicyclic) bond motifs is 5. The molecule has 0 amide bonds. The van der Waals surface area contributed by atoms with Crippen molar-refractivity contribution < 1.29 is 5.11 Å². The lowest BCUT2D eigenvalue weighted by Crippen LogP contribution is -2.59. The van der Waals surface area contributed by atoms with Crippen LogP contribution in [-0.4, -0.2) is 5.11 Å². The summed E-state index contributed by atoms with van der Waals surface area (Å²) in [6.45, 7) is 20.0. The highest BCUT2D eigenvalue weighted by Crippen LogP contribution is 2.74. The first-order valence-corrected chi connectivity index (χ1v) is 13.8. The van der Waals surface area contributed by atoms with Gasteiger partial charge < -0.3 is 5.11 Å². The predicted molar refractivity (Wildman–Crippen MR) is 133 cm³/mol. The first-order valence-electron chi connectivity index (χ1n) is 13.8. The number of hydrogen-bond acceptors (Lipinski definition) is 1. The molecular weight excluding hydrogens is 376 g/mol. The average Bonchev–Trinajstić information content (AvgIpc) is 2.96. The third kappa shape index (κ3) is 3.37. The van der Waals surface area contributed by atoms with Gasteiger partial charge in [0.15, 0.2) is 0 Å². The molecule has 4 aliphatic rings. The van der Waals surface area contributed by atoms with Gasteiger partial charge in [-0.1, -0.05) is 74.7 Å². The van der Waals surface area contributed by atoms with Crippen LogP contribution in [0.2, 0.25) is 0 Å². The molecule has 0 aromatic heterocycles. The Labute approximate surface area is 193 Å². The highest BCUT2D eigenvalue weighted by Gasteiger charge is 2.67. The molecule has 1 heteroatoms. The smallest absolute Gasteiger partial charge is 0.0947 e. The van der Waals surface area contributed by atoms with Gasteiger partial charge in [-0.15, -0.1) is 0 Å². The lowest BCUT2D eigenvalue weighted by molar-refractivity contribution is -0.165. The Kier molecular flexibility index (Phi) is 5.96. The molecule has 0 aromatic rings. The van der Waals surface area contributed by atoms with Crippen LogP contribution in [0.4, 0.5) is 0 Å². The van der Waals surface area contributed by atoms with E-state index in [1.807, 2.05) is 0 Å². The zero-order valence-corrected chi connectivity index (χ0v) is 22.1. The Bertz CT molecular complexity index is 703. The van der Waals surface area contributed by atoms with Crippen molar-refractivity contribution in [3.8, 4) is 0 Å². The topological polar surface area (TPSA) is 20.2 Å². The van der Waals surface area contributed by atoms with Gasteiger partial charge in [-0.2, -0.15) is 0 Å². The minimum Gasteiger partial charge on any atom is -0.512 e.